The molecule has 6 heteroatoms. The van der Waals surface area contributed by atoms with Crippen molar-refractivity contribution >= 4 is 34.6 Å². The maximum absolute atomic E-state index is 11.1. The molecule has 0 fully saturated rings. The molecule has 21 heavy (non-hydrogen) atoms. The van der Waals surface area contributed by atoms with E-state index in [1.54, 1.807) is 30.3 Å². The van der Waals surface area contributed by atoms with Gasteiger partial charge in [-0.05, 0) is 48.7 Å². The Balaban J connectivity index is 2.27. The minimum absolute atomic E-state index is 0.0585. The highest BCUT2D eigenvalue weighted by Gasteiger charge is 2.15. The summed E-state index contributed by atoms with van der Waals surface area (Å²) < 4.78 is 0. The van der Waals surface area contributed by atoms with Crippen LogP contribution in [0.15, 0.2) is 30.3 Å². The fourth-order valence-electron chi connectivity index (χ4n) is 1.95. The lowest BCUT2D eigenvalue weighted by atomic mass is 10.1. The molecule has 0 bridgehead atoms. The first kappa shape index (κ1) is 15.6. The van der Waals surface area contributed by atoms with Crippen molar-refractivity contribution in [3.8, 4) is 0 Å². The summed E-state index contributed by atoms with van der Waals surface area (Å²) in [7, 11) is 0. The van der Waals surface area contributed by atoms with Crippen molar-refractivity contribution in [3.63, 3.8) is 0 Å². The predicted octanol–water partition coefficient (Wildman–Crippen LogP) is 5.13. The lowest BCUT2D eigenvalue weighted by Crippen LogP contribution is -2.04. The van der Waals surface area contributed by atoms with Gasteiger partial charge in [-0.15, -0.1) is 0 Å². The van der Waals surface area contributed by atoms with Crippen LogP contribution in [-0.4, -0.2) is 4.92 Å². The SMILES string of the molecule is Cc1cc(NCc2ccc(Cl)cc2Cl)c([N+](=O)[O-])cc1C. The van der Waals surface area contributed by atoms with Crippen LogP contribution in [0.25, 0.3) is 0 Å². The Labute approximate surface area is 132 Å². The van der Waals surface area contributed by atoms with Gasteiger partial charge in [-0.25, -0.2) is 0 Å². The van der Waals surface area contributed by atoms with E-state index in [0.717, 1.165) is 16.7 Å². The smallest absolute Gasteiger partial charge is 0.292 e. The summed E-state index contributed by atoms with van der Waals surface area (Å²) in [5.41, 5.74) is 3.24. The minimum atomic E-state index is -0.391. The largest absolute Gasteiger partial charge is 0.375 e. The number of nitro groups is 1. The number of nitrogens with one attached hydrogen (secondary N) is 1. The highest BCUT2D eigenvalue weighted by Crippen LogP contribution is 2.29. The lowest BCUT2D eigenvalue weighted by molar-refractivity contribution is -0.384. The van der Waals surface area contributed by atoms with Crippen molar-refractivity contribution < 1.29 is 4.92 Å². The van der Waals surface area contributed by atoms with Gasteiger partial charge in [0.15, 0.2) is 0 Å². The van der Waals surface area contributed by atoms with E-state index >= 15 is 0 Å². The Hall–Kier alpha value is -1.78. The molecule has 0 spiro atoms. The monoisotopic (exact) mass is 324 g/mol. The van der Waals surface area contributed by atoms with E-state index in [1.165, 1.54) is 0 Å². The molecule has 4 nitrogen and oxygen atoms in total. The molecule has 1 N–H and O–H groups in total. The van der Waals surface area contributed by atoms with Crippen LogP contribution in [0, 0.1) is 24.0 Å². The average molecular weight is 325 g/mol. The highest BCUT2D eigenvalue weighted by atomic mass is 35.5. The van der Waals surface area contributed by atoms with Crippen molar-refractivity contribution in [3.05, 3.63) is 67.2 Å². The summed E-state index contributed by atoms with van der Waals surface area (Å²) in [6, 6.07) is 8.52. The predicted molar refractivity (Wildman–Crippen MR) is 86.4 cm³/mol. The normalized spacial score (nSPS) is 10.5. The van der Waals surface area contributed by atoms with Crippen LogP contribution in [0.5, 0.6) is 0 Å². The molecule has 0 radical (unpaired) electrons. The van der Waals surface area contributed by atoms with Gasteiger partial charge in [-0.3, -0.25) is 10.1 Å². The van der Waals surface area contributed by atoms with Gasteiger partial charge in [0, 0.05) is 22.7 Å². The molecule has 2 aromatic rings. The van der Waals surface area contributed by atoms with Crippen LogP contribution in [0.1, 0.15) is 16.7 Å². The van der Waals surface area contributed by atoms with Crippen LogP contribution in [0.4, 0.5) is 11.4 Å². The number of nitrogens with zero attached hydrogens (tertiary/aromatic N) is 1. The van der Waals surface area contributed by atoms with Crippen molar-refractivity contribution in [1.29, 1.82) is 0 Å². The molecule has 0 unspecified atom stereocenters. The minimum Gasteiger partial charge on any atom is -0.375 e. The van der Waals surface area contributed by atoms with Crippen molar-refractivity contribution in [1.82, 2.24) is 0 Å². The van der Waals surface area contributed by atoms with E-state index < -0.39 is 4.92 Å². The lowest BCUT2D eigenvalue weighted by Gasteiger charge is -2.11. The highest BCUT2D eigenvalue weighted by molar-refractivity contribution is 6.35. The average Bonchev–Trinajstić information content (AvgIpc) is 2.41. The van der Waals surface area contributed by atoms with Crippen LogP contribution < -0.4 is 5.32 Å². The number of rotatable bonds is 4. The Morgan fingerprint density at radius 3 is 2.43 bits per heavy atom. The van der Waals surface area contributed by atoms with Gasteiger partial charge in [0.05, 0.1) is 4.92 Å². The van der Waals surface area contributed by atoms with Crippen molar-refractivity contribution in [2.75, 3.05) is 5.32 Å². The second kappa shape index (κ2) is 6.33. The molecule has 0 aliphatic rings. The molecular weight excluding hydrogens is 311 g/mol. The number of aryl methyl sites for hydroxylation is 2. The molecule has 0 saturated heterocycles. The summed E-state index contributed by atoms with van der Waals surface area (Å²) in [6.07, 6.45) is 0. The summed E-state index contributed by atoms with van der Waals surface area (Å²) in [5.74, 6) is 0. The second-order valence-electron chi connectivity index (χ2n) is 4.80. The molecule has 2 aromatic carbocycles. The molecular formula is C15H14Cl2N2O2. The zero-order chi connectivity index (χ0) is 15.6. The summed E-state index contributed by atoms with van der Waals surface area (Å²) >= 11 is 11.9. The Kier molecular flexibility index (Phi) is 4.70. The molecule has 0 atom stereocenters. The van der Waals surface area contributed by atoms with Gasteiger partial charge < -0.3 is 5.32 Å². The van der Waals surface area contributed by atoms with Crippen molar-refractivity contribution in [2.24, 2.45) is 0 Å². The Bertz CT molecular complexity index is 702. The fraction of sp³-hybridized carbons (Fsp3) is 0.200. The first-order chi connectivity index (χ1) is 9.88. The number of halogens is 2. The molecule has 0 aliphatic carbocycles. The molecule has 0 heterocycles. The van der Waals surface area contributed by atoms with E-state index in [1.807, 2.05) is 13.8 Å². The molecule has 0 saturated carbocycles. The second-order valence-corrected chi connectivity index (χ2v) is 5.64. The zero-order valence-electron chi connectivity index (χ0n) is 11.6. The van der Waals surface area contributed by atoms with Gasteiger partial charge in [-0.2, -0.15) is 0 Å². The number of benzene rings is 2. The van der Waals surface area contributed by atoms with Gasteiger partial charge >= 0.3 is 0 Å². The summed E-state index contributed by atoms with van der Waals surface area (Å²) in [5, 5.41) is 15.3. The summed E-state index contributed by atoms with van der Waals surface area (Å²) in [4.78, 5) is 10.7. The van der Waals surface area contributed by atoms with E-state index in [4.69, 9.17) is 23.2 Å². The molecule has 0 aliphatic heterocycles. The molecule has 0 aromatic heterocycles. The maximum Gasteiger partial charge on any atom is 0.292 e. The summed E-state index contributed by atoms with van der Waals surface area (Å²) in [6.45, 7) is 4.15. The number of hydrogen-bond acceptors (Lipinski definition) is 3. The van der Waals surface area contributed by atoms with Crippen LogP contribution in [0.2, 0.25) is 10.0 Å². The molecule has 110 valence electrons. The fourth-order valence-corrected chi connectivity index (χ4v) is 2.42. The van der Waals surface area contributed by atoms with Gasteiger partial charge in [0.25, 0.3) is 5.69 Å². The van der Waals surface area contributed by atoms with Gasteiger partial charge in [0.1, 0.15) is 5.69 Å². The van der Waals surface area contributed by atoms with Gasteiger partial charge in [-0.1, -0.05) is 29.3 Å². The zero-order valence-corrected chi connectivity index (χ0v) is 13.1. The number of hydrogen-bond donors (Lipinski definition) is 1. The van der Waals surface area contributed by atoms with E-state index in [9.17, 15) is 10.1 Å². The van der Waals surface area contributed by atoms with Crippen molar-refractivity contribution in [2.45, 2.75) is 20.4 Å². The maximum atomic E-state index is 11.1. The molecule has 2 rings (SSSR count). The first-order valence-corrected chi connectivity index (χ1v) is 7.07. The third-order valence-electron chi connectivity index (χ3n) is 3.29. The van der Waals surface area contributed by atoms with Gasteiger partial charge in [0.2, 0.25) is 0 Å². The standard InChI is InChI=1S/C15H14Cl2N2O2/c1-9-5-14(15(19(20)21)6-10(9)2)18-8-11-3-4-12(16)7-13(11)17/h3-7,18H,8H2,1-2H3. The third kappa shape index (κ3) is 3.65. The van der Waals surface area contributed by atoms with E-state index in [2.05, 4.69) is 5.32 Å². The van der Waals surface area contributed by atoms with E-state index in [-0.39, 0.29) is 5.69 Å². The van der Waals surface area contributed by atoms with E-state index in [0.29, 0.717) is 22.3 Å². The van der Waals surface area contributed by atoms with Crippen LogP contribution >= 0.6 is 23.2 Å². The Morgan fingerprint density at radius 1 is 1.14 bits per heavy atom. The topological polar surface area (TPSA) is 55.2 Å². The number of anilines is 1. The Morgan fingerprint density at radius 2 is 1.81 bits per heavy atom. The third-order valence-corrected chi connectivity index (χ3v) is 3.88. The first-order valence-electron chi connectivity index (χ1n) is 6.32. The number of nitro benzene ring substituents is 1. The van der Waals surface area contributed by atoms with Crippen LogP contribution in [0.3, 0.4) is 0 Å². The quantitative estimate of drug-likeness (QED) is 0.626. The molecule has 0 amide bonds. The van der Waals surface area contributed by atoms with Crippen LogP contribution in [-0.2, 0) is 6.54 Å².